The van der Waals surface area contributed by atoms with Crippen LogP contribution >= 0.6 is 27.5 Å². The van der Waals surface area contributed by atoms with Crippen molar-refractivity contribution in [1.29, 1.82) is 5.26 Å². The molecule has 4 rings (SSSR count). The number of carbonyl (C=O) groups is 3. The molecule has 1 aliphatic heterocycles. The predicted octanol–water partition coefficient (Wildman–Crippen LogP) is 5.84. The van der Waals surface area contributed by atoms with E-state index in [0.717, 1.165) is 16.0 Å². The summed E-state index contributed by atoms with van der Waals surface area (Å²) in [6, 6.07) is 16.9. The van der Waals surface area contributed by atoms with Crippen molar-refractivity contribution in [2.24, 2.45) is 0 Å². The fourth-order valence-electron chi connectivity index (χ4n) is 3.84. The molecule has 36 heavy (non-hydrogen) atoms. The highest BCUT2D eigenvalue weighted by molar-refractivity contribution is 9.10. The molecule has 1 saturated heterocycles. The number of benzene rings is 3. The number of amides is 4. The summed E-state index contributed by atoms with van der Waals surface area (Å²) in [7, 11) is 0. The highest BCUT2D eigenvalue weighted by Gasteiger charge is 2.37. The van der Waals surface area contributed by atoms with Crippen LogP contribution in [-0.4, -0.2) is 17.8 Å². The van der Waals surface area contributed by atoms with Gasteiger partial charge in [0, 0.05) is 5.56 Å². The number of aryl methyl sites for hydroxylation is 2. The van der Waals surface area contributed by atoms with E-state index in [1.165, 1.54) is 6.08 Å². The Morgan fingerprint density at radius 1 is 1.08 bits per heavy atom. The lowest BCUT2D eigenvalue weighted by molar-refractivity contribution is -0.122. The van der Waals surface area contributed by atoms with E-state index >= 15 is 0 Å². The Kier molecular flexibility index (Phi) is 7.25. The molecule has 1 N–H and O–H groups in total. The number of nitrogens with zero attached hydrogens (tertiary/aromatic N) is 2. The van der Waals surface area contributed by atoms with Crippen LogP contribution in [0, 0.1) is 25.2 Å². The van der Waals surface area contributed by atoms with Gasteiger partial charge in [-0.2, -0.15) is 5.26 Å². The Morgan fingerprint density at radius 3 is 2.44 bits per heavy atom. The number of carbonyl (C=O) groups excluding carboxylic acids is 3. The number of imide groups is 2. The number of nitriles is 1. The van der Waals surface area contributed by atoms with Crippen molar-refractivity contribution in [1.82, 2.24) is 5.32 Å². The Hall–Kier alpha value is -3.93. The molecular formula is C27H19BrClN3O4. The third-order valence-electron chi connectivity index (χ3n) is 5.41. The Bertz CT molecular complexity index is 1450. The van der Waals surface area contributed by atoms with Gasteiger partial charge >= 0.3 is 6.03 Å². The van der Waals surface area contributed by atoms with Crippen LogP contribution in [0.3, 0.4) is 0 Å². The lowest BCUT2D eigenvalue weighted by Gasteiger charge is -2.27. The summed E-state index contributed by atoms with van der Waals surface area (Å²) in [6.45, 7) is 3.83. The molecule has 3 aromatic carbocycles. The van der Waals surface area contributed by atoms with Crippen LogP contribution in [-0.2, 0) is 16.2 Å². The first-order valence-corrected chi connectivity index (χ1v) is 11.9. The highest BCUT2D eigenvalue weighted by atomic mass is 79.9. The van der Waals surface area contributed by atoms with Gasteiger partial charge in [-0.3, -0.25) is 14.9 Å². The van der Waals surface area contributed by atoms with Crippen LogP contribution in [0.1, 0.15) is 27.8 Å². The minimum atomic E-state index is -0.812. The Morgan fingerprint density at radius 2 is 1.78 bits per heavy atom. The molecule has 3 aromatic rings. The van der Waals surface area contributed by atoms with Crippen LogP contribution < -0.4 is 15.0 Å². The molecule has 0 radical (unpaired) electrons. The van der Waals surface area contributed by atoms with Gasteiger partial charge < -0.3 is 4.74 Å². The zero-order valence-corrected chi connectivity index (χ0v) is 21.6. The van der Waals surface area contributed by atoms with Gasteiger partial charge in [0.1, 0.15) is 12.2 Å². The second kappa shape index (κ2) is 10.4. The van der Waals surface area contributed by atoms with Gasteiger partial charge in [0.05, 0.1) is 26.8 Å². The number of ether oxygens (including phenoxy) is 1. The van der Waals surface area contributed by atoms with Crippen molar-refractivity contribution in [2.45, 2.75) is 20.5 Å². The number of hydrogen-bond acceptors (Lipinski definition) is 5. The van der Waals surface area contributed by atoms with Crippen molar-refractivity contribution in [3.63, 3.8) is 0 Å². The van der Waals surface area contributed by atoms with E-state index in [1.807, 2.05) is 26.0 Å². The summed E-state index contributed by atoms with van der Waals surface area (Å²) in [5.74, 6) is -1.20. The maximum absolute atomic E-state index is 13.2. The molecular weight excluding hydrogens is 546 g/mol. The Labute approximate surface area is 221 Å². The van der Waals surface area contributed by atoms with Gasteiger partial charge in [0.25, 0.3) is 11.8 Å². The summed E-state index contributed by atoms with van der Waals surface area (Å²) >= 11 is 9.87. The first-order valence-electron chi connectivity index (χ1n) is 10.8. The molecule has 180 valence electrons. The zero-order valence-electron chi connectivity index (χ0n) is 19.3. The minimum Gasteiger partial charge on any atom is -0.486 e. The number of urea groups is 1. The highest BCUT2D eigenvalue weighted by Crippen LogP contribution is 2.36. The molecule has 4 amide bonds. The van der Waals surface area contributed by atoms with Gasteiger partial charge in [-0.1, -0.05) is 35.9 Å². The van der Waals surface area contributed by atoms with Crippen LogP contribution in [0.5, 0.6) is 5.75 Å². The summed E-state index contributed by atoms with van der Waals surface area (Å²) in [5, 5.41) is 11.7. The summed E-state index contributed by atoms with van der Waals surface area (Å²) in [6.07, 6.45) is 1.37. The lowest BCUT2D eigenvalue weighted by Crippen LogP contribution is -2.54. The lowest BCUT2D eigenvalue weighted by atomic mass is 10.1. The average molecular weight is 565 g/mol. The average Bonchev–Trinajstić information content (AvgIpc) is 2.80. The van der Waals surface area contributed by atoms with E-state index < -0.39 is 17.8 Å². The molecule has 0 bridgehead atoms. The predicted molar refractivity (Wildman–Crippen MR) is 140 cm³/mol. The largest absolute Gasteiger partial charge is 0.486 e. The van der Waals surface area contributed by atoms with Gasteiger partial charge in [-0.25, -0.2) is 9.69 Å². The molecule has 0 atom stereocenters. The number of barbiturate groups is 1. The summed E-state index contributed by atoms with van der Waals surface area (Å²) in [4.78, 5) is 39.2. The molecule has 0 saturated carbocycles. The van der Waals surface area contributed by atoms with E-state index in [2.05, 4.69) is 27.3 Å². The number of rotatable bonds is 5. The molecule has 9 heteroatoms. The second-order valence-corrected chi connectivity index (χ2v) is 9.44. The van der Waals surface area contributed by atoms with E-state index in [4.69, 9.17) is 16.3 Å². The number of hydrogen-bond donors (Lipinski definition) is 1. The first kappa shape index (κ1) is 25.2. The quantitative estimate of drug-likeness (QED) is 0.310. The van der Waals surface area contributed by atoms with Crippen LogP contribution in [0.15, 0.2) is 64.6 Å². The molecule has 1 heterocycles. The van der Waals surface area contributed by atoms with Gasteiger partial charge in [0.2, 0.25) is 0 Å². The fraction of sp³-hybridized carbons (Fsp3) is 0.111. The van der Waals surface area contributed by atoms with Crippen molar-refractivity contribution in [2.75, 3.05) is 4.90 Å². The number of anilines is 1. The van der Waals surface area contributed by atoms with E-state index in [0.29, 0.717) is 32.6 Å². The molecule has 0 aromatic heterocycles. The van der Waals surface area contributed by atoms with Crippen molar-refractivity contribution in [3.05, 3.63) is 97.5 Å². The second-order valence-electron chi connectivity index (χ2n) is 8.18. The van der Waals surface area contributed by atoms with Crippen LogP contribution in [0.2, 0.25) is 5.02 Å². The van der Waals surface area contributed by atoms with Gasteiger partial charge in [0.15, 0.2) is 5.75 Å². The molecule has 1 aliphatic rings. The third-order valence-corrected chi connectivity index (χ3v) is 6.28. The van der Waals surface area contributed by atoms with E-state index in [1.54, 1.807) is 42.5 Å². The first-order chi connectivity index (χ1) is 17.2. The third kappa shape index (κ3) is 5.18. The molecule has 0 unspecified atom stereocenters. The van der Waals surface area contributed by atoms with Gasteiger partial charge in [-0.05, 0) is 82.9 Å². The van der Waals surface area contributed by atoms with E-state index in [-0.39, 0.29) is 17.2 Å². The minimum absolute atomic E-state index is 0.121. The maximum Gasteiger partial charge on any atom is 0.335 e. The summed E-state index contributed by atoms with van der Waals surface area (Å²) in [5.41, 5.74) is 3.55. The van der Waals surface area contributed by atoms with Crippen molar-refractivity contribution < 1.29 is 19.1 Å². The number of nitrogens with one attached hydrogen (secondary N) is 1. The van der Waals surface area contributed by atoms with Crippen molar-refractivity contribution in [3.8, 4) is 11.8 Å². The van der Waals surface area contributed by atoms with Crippen LogP contribution in [0.4, 0.5) is 10.5 Å². The molecule has 1 fully saturated rings. The summed E-state index contributed by atoms with van der Waals surface area (Å²) < 4.78 is 6.33. The Balaban J connectivity index is 1.63. The monoisotopic (exact) mass is 563 g/mol. The maximum atomic E-state index is 13.2. The normalized spacial score (nSPS) is 14.6. The number of halogens is 2. The zero-order chi connectivity index (χ0) is 26.0. The fourth-order valence-corrected chi connectivity index (χ4v) is 4.83. The SMILES string of the molecule is Cc1cc(C)cc(N2C(=O)NC(=O)/C(=C\c3cc(Cl)c(OCc4ccccc4C#N)c(Br)c3)C2=O)c1. The topological polar surface area (TPSA) is 99.5 Å². The van der Waals surface area contributed by atoms with Crippen molar-refractivity contribution >= 4 is 57.1 Å². The molecule has 7 nitrogen and oxygen atoms in total. The molecule has 0 aliphatic carbocycles. The van der Waals surface area contributed by atoms with E-state index in [9.17, 15) is 19.6 Å². The standard InChI is InChI=1S/C27H19BrClN3O4/c1-15-7-16(2)9-20(8-15)32-26(34)21(25(33)31-27(32)35)10-17-11-22(28)24(23(29)12-17)36-14-19-6-4-3-5-18(19)13-30/h3-12H,14H2,1-2H3,(H,31,33,35)/b21-10+. The molecule has 0 spiro atoms. The van der Waals surface area contributed by atoms with Gasteiger partial charge in [-0.15, -0.1) is 0 Å². The van der Waals surface area contributed by atoms with Crippen LogP contribution in [0.25, 0.3) is 6.08 Å². The smallest absolute Gasteiger partial charge is 0.335 e.